The molecule has 3 aromatic rings. The molecule has 0 radical (unpaired) electrons. The van der Waals surface area contributed by atoms with Gasteiger partial charge in [-0.3, -0.25) is 0 Å². The molecular weight excluding hydrogens is 306 g/mol. The Balaban J connectivity index is 1.77. The van der Waals surface area contributed by atoms with E-state index < -0.39 is 0 Å². The van der Waals surface area contributed by atoms with Crippen molar-refractivity contribution < 1.29 is 4.74 Å². The molecule has 0 saturated carbocycles. The first-order chi connectivity index (χ1) is 11.6. The van der Waals surface area contributed by atoms with Crippen LogP contribution in [-0.4, -0.2) is 52.2 Å². The highest BCUT2D eigenvalue weighted by Gasteiger charge is 2.15. The smallest absolute Gasteiger partial charge is 0.256 e. The highest BCUT2D eigenvalue weighted by Crippen LogP contribution is 2.22. The van der Waals surface area contributed by atoms with Crippen LogP contribution in [0.25, 0.3) is 5.78 Å². The molecule has 0 bridgehead atoms. The Morgan fingerprint density at radius 1 is 1.29 bits per heavy atom. The average Bonchev–Trinajstić information content (AvgIpc) is 3.04. The third kappa shape index (κ3) is 3.23. The summed E-state index contributed by atoms with van der Waals surface area (Å²) in [6, 6.07) is 9.98. The summed E-state index contributed by atoms with van der Waals surface area (Å²) in [5.74, 6) is 2.48. The summed E-state index contributed by atoms with van der Waals surface area (Å²) in [5.41, 5.74) is 7.15. The van der Waals surface area contributed by atoms with Crippen LogP contribution in [0, 0.1) is 0 Å². The number of rotatable bonds is 6. The Labute approximate surface area is 140 Å². The molecule has 0 fully saturated rings. The van der Waals surface area contributed by atoms with Gasteiger partial charge in [0.25, 0.3) is 5.78 Å². The van der Waals surface area contributed by atoms with Gasteiger partial charge in [-0.05, 0) is 31.8 Å². The van der Waals surface area contributed by atoms with Crippen LogP contribution in [0.3, 0.4) is 0 Å². The van der Waals surface area contributed by atoms with Crippen molar-refractivity contribution in [2.45, 2.75) is 6.04 Å². The van der Waals surface area contributed by atoms with Gasteiger partial charge in [0.15, 0.2) is 0 Å². The number of hydrogen-bond acceptors (Lipinski definition) is 7. The van der Waals surface area contributed by atoms with Crippen molar-refractivity contribution in [2.24, 2.45) is 0 Å². The number of aromatic nitrogens is 4. The van der Waals surface area contributed by atoms with Crippen molar-refractivity contribution in [1.29, 1.82) is 0 Å². The van der Waals surface area contributed by atoms with Gasteiger partial charge in [0, 0.05) is 12.6 Å². The van der Waals surface area contributed by atoms with Crippen LogP contribution >= 0.6 is 0 Å². The van der Waals surface area contributed by atoms with Gasteiger partial charge in [0.05, 0.1) is 13.2 Å². The number of benzene rings is 1. The van der Waals surface area contributed by atoms with Crippen LogP contribution < -0.4 is 15.8 Å². The molecule has 0 spiro atoms. The summed E-state index contributed by atoms with van der Waals surface area (Å²) in [4.78, 5) is 10.6. The minimum Gasteiger partial charge on any atom is -0.497 e. The molecule has 0 aliphatic carbocycles. The van der Waals surface area contributed by atoms with Gasteiger partial charge in [0.1, 0.15) is 23.7 Å². The maximum atomic E-state index is 5.97. The fraction of sp³-hybridized carbons (Fsp3) is 0.312. The number of nitrogen functional groups attached to an aromatic ring is 1. The van der Waals surface area contributed by atoms with E-state index in [1.165, 1.54) is 16.4 Å². The second-order valence-corrected chi connectivity index (χ2v) is 5.67. The number of methoxy groups -OCH3 is 1. The molecule has 0 aliphatic heterocycles. The van der Waals surface area contributed by atoms with Gasteiger partial charge in [-0.2, -0.15) is 19.6 Å². The third-order valence-corrected chi connectivity index (χ3v) is 3.88. The summed E-state index contributed by atoms with van der Waals surface area (Å²) in [5, 5.41) is 7.35. The van der Waals surface area contributed by atoms with Crippen LogP contribution in [0.1, 0.15) is 11.6 Å². The lowest BCUT2D eigenvalue weighted by Gasteiger charge is -2.25. The quantitative estimate of drug-likeness (QED) is 0.707. The number of nitrogens with zero attached hydrogens (tertiary/aromatic N) is 5. The minimum absolute atomic E-state index is 0.174. The van der Waals surface area contributed by atoms with E-state index in [1.807, 2.05) is 26.2 Å². The zero-order valence-corrected chi connectivity index (χ0v) is 14.0. The zero-order valence-electron chi connectivity index (χ0n) is 14.0. The lowest BCUT2D eigenvalue weighted by Crippen LogP contribution is -2.27. The van der Waals surface area contributed by atoms with Gasteiger partial charge in [-0.25, -0.2) is 0 Å². The van der Waals surface area contributed by atoms with E-state index in [4.69, 9.17) is 10.5 Å². The van der Waals surface area contributed by atoms with E-state index in [1.54, 1.807) is 13.2 Å². The fourth-order valence-electron chi connectivity index (χ4n) is 2.55. The van der Waals surface area contributed by atoms with E-state index in [9.17, 15) is 0 Å². The number of anilines is 2. The normalized spacial score (nSPS) is 12.5. The summed E-state index contributed by atoms with van der Waals surface area (Å²) in [6.07, 6.45) is 1.43. The van der Waals surface area contributed by atoms with Crippen LogP contribution in [0.5, 0.6) is 5.75 Å². The lowest BCUT2D eigenvalue weighted by molar-refractivity contribution is 0.311. The molecule has 126 valence electrons. The Kier molecular flexibility index (Phi) is 4.48. The van der Waals surface area contributed by atoms with Crippen molar-refractivity contribution in [3.05, 3.63) is 42.2 Å². The predicted molar refractivity (Wildman–Crippen MR) is 93.1 cm³/mol. The molecule has 8 heteroatoms. The van der Waals surface area contributed by atoms with E-state index in [-0.39, 0.29) is 6.04 Å². The Morgan fingerprint density at radius 3 is 2.71 bits per heavy atom. The highest BCUT2D eigenvalue weighted by atomic mass is 16.5. The van der Waals surface area contributed by atoms with E-state index in [0.717, 1.165) is 5.75 Å². The average molecular weight is 327 g/mol. The number of ether oxygens (including phenoxy) is 1. The van der Waals surface area contributed by atoms with Crippen molar-refractivity contribution in [1.82, 2.24) is 24.5 Å². The number of hydrogen-bond donors (Lipinski definition) is 2. The van der Waals surface area contributed by atoms with Crippen LogP contribution in [-0.2, 0) is 0 Å². The number of nitrogens with two attached hydrogens (primary N) is 1. The molecule has 0 saturated heterocycles. The Morgan fingerprint density at radius 2 is 2.04 bits per heavy atom. The number of likely N-dealkylation sites (N-methyl/N-ethyl adjacent to an activating group) is 1. The van der Waals surface area contributed by atoms with Gasteiger partial charge in [0.2, 0.25) is 0 Å². The van der Waals surface area contributed by atoms with Crippen molar-refractivity contribution in [2.75, 3.05) is 38.8 Å². The van der Waals surface area contributed by atoms with Crippen LogP contribution in [0.2, 0.25) is 0 Å². The molecule has 2 aromatic heterocycles. The first-order valence-electron chi connectivity index (χ1n) is 7.59. The van der Waals surface area contributed by atoms with E-state index in [2.05, 4.69) is 37.4 Å². The molecule has 1 unspecified atom stereocenters. The lowest BCUT2D eigenvalue weighted by atomic mass is 10.1. The Bertz CT molecular complexity index is 813. The maximum absolute atomic E-state index is 5.97. The molecule has 8 nitrogen and oxygen atoms in total. The molecule has 0 aliphatic rings. The Hall–Kier alpha value is -2.87. The summed E-state index contributed by atoms with van der Waals surface area (Å²) in [7, 11) is 5.75. The topological polar surface area (TPSA) is 93.6 Å². The summed E-state index contributed by atoms with van der Waals surface area (Å²) in [6.45, 7) is 0.677. The van der Waals surface area contributed by atoms with Crippen molar-refractivity contribution in [3.8, 4) is 5.75 Å². The first kappa shape index (κ1) is 16.0. The molecule has 0 amide bonds. The molecule has 3 rings (SSSR count). The van der Waals surface area contributed by atoms with Crippen molar-refractivity contribution in [3.63, 3.8) is 0 Å². The fourth-order valence-corrected chi connectivity index (χ4v) is 2.55. The molecule has 3 N–H and O–H groups in total. The van der Waals surface area contributed by atoms with Gasteiger partial charge < -0.3 is 20.7 Å². The monoisotopic (exact) mass is 327 g/mol. The van der Waals surface area contributed by atoms with Crippen LogP contribution in [0.15, 0.2) is 36.7 Å². The van der Waals surface area contributed by atoms with E-state index in [0.29, 0.717) is 24.0 Å². The molecule has 1 aromatic carbocycles. The first-order valence-corrected chi connectivity index (χ1v) is 7.59. The van der Waals surface area contributed by atoms with Gasteiger partial charge in [-0.15, -0.1) is 0 Å². The summed E-state index contributed by atoms with van der Waals surface area (Å²) >= 11 is 0. The zero-order chi connectivity index (χ0) is 17.1. The standard InChI is InChI=1S/C16H21N7O/c1-22(2)13(11-4-6-12(24-3)7-5-11)9-18-15-8-14(17)23-16(21-15)19-10-20-23/h4-8,10,13H,9,17H2,1-3H3,(H,18,19,20,21). The van der Waals surface area contributed by atoms with Gasteiger partial charge >= 0.3 is 0 Å². The minimum atomic E-state index is 0.174. The largest absolute Gasteiger partial charge is 0.497 e. The maximum Gasteiger partial charge on any atom is 0.256 e. The van der Waals surface area contributed by atoms with Crippen LogP contribution in [0.4, 0.5) is 11.6 Å². The second kappa shape index (κ2) is 6.71. The predicted octanol–water partition coefficient (Wildman–Crippen LogP) is 1.43. The SMILES string of the molecule is COc1ccc(C(CNc2cc(N)n3ncnc3n2)N(C)C)cc1. The molecule has 1 atom stereocenters. The highest BCUT2D eigenvalue weighted by molar-refractivity contribution is 5.51. The van der Waals surface area contributed by atoms with E-state index >= 15 is 0 Å². The second-order valence-electron chi connectivity index (χ2n) is 5.67. The number of nitrogens with one attached hydrogen (secondary N) is 1. The third-order valence-electron chi connectivity index (χ3n) is 3.88. The molecule has 24 heavy (non-hydrogen) atoms. The summed E-state index contributed by atoms with van der Waals surface area (Å²) < 4.78 is 6.71. The molecular formula is C16H21N7O. The number of fused-ring (bicyclic) bond motifs is 1. The van der Waals surface area contributed by atoms with Gasteiger partial charge in [-0.1, -0.05) is 12.1 Å². The van der Waals surface area contributed by atoms with Crippen molar-refractivity contribution >= 4 is 17.4 Å². The molecule has 2 heterocycles.